The van der Waals surface area contributed by atoms with Gasteiger partial charge in [0, 0.05) is 19.7 Å². The number of carbonyl (C=O) groups is 2. The topological polar surface area (TPSA) is 57.6 Å². The van der Waals surface area contributed by atoms with Crippen LogP contribution in [-0.2, 0) is 9.59 Å². The average molecular weight is 261 g/mol. The number of hydrogen-bond donors (Lipinski definition) is 1. The summed E-state index contributed by atoms with van der Waals surface area (Å²) in [5.74, 6) is -1.67. The van der Waals surface area contributed by atoms with Crippen molar-refractivity contribution in [1.29, 1.82) is 0 Å². The van der Waals surface area contributed by atoms with Gasteiger partial charge in [-0.1, -0.05) is 36.8 Å². The second-order valence-corrected chi connectivity index (χ2v) is 4.71. The molecule has 1 aromatic rings. The maximum Gasteiger partial charge on any atom is 0.308 e. The summed E-state index contributed by atoms with van der Waals surface area (Å²) in [7, 11) is 1.60. The molecule has 0 aliphatic carbocycles. The van der Waals surface area contributed by atoms with E-state index in [9.17, 15) is 9.59 Å². The van der Waals surface area contributed by atoms with Crippen molar-refractivity contribution < 1.29 is 14.7 Å². The minimum Gasteiger partial charge on any atom is -0.481 e. The van der Waals surface area contributed by atoms with E-state index < -0.39 is 11.9 Å². The van der Waals surface area contributed by atoms with Crippen LogP contribution in [-0.4, -0.2) is 35.5 Å². The van der Waals surface area contributed by atoms with E-state index in [1.165, 1.54) is 11.0 Å². The number of likely N-dealkylation sites (N-methyl/N-ethyl adjacent to an activating group) is 1. The monoisotopic (exact) mass is 261 g/mol. The standard InChI is InChI=1S/C15H19NO3/c1-11-5-4-6-13(9-11)7-8-14(17)16(3)10-12(2)15(18)19/h4-9,12H,10H2,1-3H3,(H,18,19)/b8-7+. The Bertz CT molecular complexity index is 494. The summed E-state index contributed by atoms with van der Waals surface area (Å²) >= 11 is 0. The van der Waals surface area contributed by atoms with Crippen molar-refractivity contribution >= 4 is 18.0 Å². The molecule has 1 unspecified atom stereocenters. The molecule has 0 aliphatic heterocycles. The smallest absolute Gasteiger partial charge is 0.308 e. The molecule has 1 N–H and O–H groups in total. The average Bonchev–Trinajstić information content (AvgIpc) is 2.35. The molecular weight excluding hydrogens is 242 g/mol. The highest BCUT2D eigenvalue weighted by Gasteiger charge is 2.15. The lowest BCUT2D eigenvalue weighted by Crippen LogP contribution is -2.32. The first-order valence-corrected chi connectivity index (χ1v) is 6.13. The van der Waals surface area contributed by atoms with Gasteiger partial charge in [-0.25, -0.2) is 0 Å². The summed E-state index contributed by atoms with van der Waals surface area (Å²) in [4.78, 5) is 23.9. The molecule has 0 aromatic heterocycles. The molecule has 1 amide bonds. The fourth-order valence-electron chi connectivity index (χ4n) is 1.65. The van der Waals surface area contributed by atoms with Gasteiger partial charge in [-0.05, 0) is 18.6 Å². The highest BCUT2D eigenvalue weighted by molar-refractivity contribution is 5.91. The largest absolute Gasteiger partial charge is 0.481 e. The molecule has 1 aromatic carbocycles. The third kappa shape index (κ3) is 4.95. The summed E-state index contributed by atoms with van der Waals surface area (Å²) in [6.07, 6.45) is 3.20. The number of benzene rings is 1. The highest BCUT2D eigenvalue weighted by atomic mass is 16.4. The van der Waals surface area contributed by atoms with Crippen LogP contribution in [0.2, 0.25) is 0 Å². The van der Waals surface area contributed by atoms with Crippen LogP contribution < -0.4 is 0 Å². The van der Waals surface area contributed by atoms with Crippen LogP contribution in [0.4, 0.5) is 0 Å². The van der Waals surface area contributed by atoms with Gasteiger partial charge >= 0.3 is 5.97 Å². The Morgan fingerprint density at radius 2 is 2.11 bits per heavy atom. The predicted molar refractivity (Wildman–Crippen MR) is 74.6 cm³/mol. The lowest BCUT2D eigenvalue weighted by atomic mass is 10.1. The maximum atomic E-state index is 11.8. The van der Waals surface area contributed by atoms with Crippen LogP contribution in [0.15, 0.2) is 30.3 Å². The third-order valence-corrected chi connectivity index (χ3v) is 2.81. The molecule has 0 radical (unpaired) electrons. The van der Waals surface area contributed by atoms with Gasteiger partial charge in [0.25, 0.3) is 0 Å². The number of amides is 1. The van der Waals surface area contributed by atoms with Gasteiger partial charge < -0.3 is 10.0 Å². The fraction of sp³-hybridized carbons (Fsp3) is 0.333. The second kappa shape index (κ2) is 6.73. The van der Waals surface area contributed by atoms with Gasteiger partial charge in [0.05, 0.1) is 5.92 Å². The molecular formula is C15H19NO3. The highest BCUT2D eigenvalue weighted by Crippen LogP contribution is 2.06. The molecule has 0 fully saturated rings. The van der Waals surface area contributed by atoms with Crippen LogP contribution >= 0.6 is 0 Å². The van der Waals surface area contributed by atoms with Crippen molar-refractivity contribution in [3.05, 3.63) is 41.5 Å². The minimum atomic E-state index is -0.901. The normalized spacial score (nSPS) is 12.4. The maximum absolute atomic E-state index is 11.8. The van der Waals surface area contributed by atoms with E-state index in [1.807, 2.05) is 31.2 Å². The Labute approximate surface area is 113 Å². The van der Waals surface area contributed by atoms with Gasteiger partial charge in [0.15, 0.2) is 0 Å². The molecule has 0 saturated heterocycles. The quantitative estimate of drug-likeness (QED) is 0.826. The molecule has 4 nitrogen and oxygen atoms in total. The van der Waals surface area contributed by atoms with Crippen molar-refractivity contribution in [3.63, 3.8) is 0 Å². The van der Waals surface area contributed by atoms with Crippen LogP contribution in [0.3, 0.4) is 0 Å². The van der Waals surface area contributed by atoms with Gasteiger partial charge in [-0.2, -0.15) is 0 Å². The molecule has 1 atom stereocenters. The molecule has 102 valence electrons. The summed E-state index contributed by atoms with van der Waals surface area (Å²) in [5, 5.41) is 8.80. The van der Waals surface area contributed by atoms with Gasteiger partial charge in [-0.3, -0.25) is 9.59 Å². The summed E-state index contributed by atoms with van der Waals surface area (Å²) in [6.45, 7) is 3.77. The predicted octanol–water partition coefficient (Wildman–Crippen LogP) is 2.19. The van der Waals surface area contributed by atoms with E-state index in [2.05, 4.69) is 0 Å². The Morgan fingerprint density at radius 1 is 1.42 bits per heavy atom. The van der Waals surface area contributed by atoms with Gasteiger partial charge in [-0.15, -0.1) is 0 Å². The Kier molecular flexibility index (Phi) is 5.30. The molecule has 4 heteroatoms. The van der Waals surface area contributed by atoms with Crippen LogP contribution in [0.25, 0.3) is 6.08 Å². The molecule has 0 heterocycles. The Morgan fingerprint density at radius 3 is 2.68 bits per heavy atom. The minimum absolute atomic E-state index is 0.199. The van der Waals surface area contributed by atoms with Crippen molar-refractivity contribution in [2.45, 2.75) is 13.8 Å². The molecule has 0 saturated carbocycles. The van der Waals surface area contributed by atoms with E-state index in [-0.39, 0.29) is 12.5 Å². The lowest BCUT2D eigenvalue weighted by Gasteiger charge is -2.17. The third-order valence-electron chi connectivity index (χ3n) is 2.81. The molecule has 1 rings (SSSR count). The molecule has 0 spiro atoms. The lowest BCUT2D eigenvalue weighted by molar-refractivity contribution is -0.142. The first-order valence-electron chi connectivity index (χ1n) is 6.13. The number of carboxylic acids is 1. The Balaban J connectivity index is 2.61. The SMILES string of the molecule is Cc1cccc(/C=C/C(=O)N(C)CC(C)C(=O)O)c1. The van der Waals surface area contributed by atoms with Crippen LogP contribution in [0, 0.1) is 12.8 Å². The number of carbonyl (C=O) groups excluding carboxylic acids is 1. The van der Waals surface area contributed by atoms with Crippen molar-refractivity contribution in [1.82, 2.24) is 4.90 Å². The van der Waals surface area contributed by atoms with Crippen molar-refractivity contribution in [3.8, 4) is 0 Å². The van der Waals surface area contributed by atoms with Gasteiger partial charge in [0.2, 0.25) is 5.91 Å². The first-order chi connectivity index (χ1) is 8.90. The number of rotatable bonds is 5. The van der Waals surface area contributed by atoms with Crippen LogP contribution in [0.1, 0.15) is 18.1 Å². The first kappa shape index (κ1) is 15.0. The van der Waals surface area contributed by atoms with E-state index >= 15 is 0 Å². The number of aryl methyl sites for hydroxylation is 1. The Hall–Kier alpha value is -2.10. The zero-order valence-corrected chi connectivity index (χ0v) is 11.5. The van der Waals surface area contributed by atoms with E-state index in [0.29, 0.717) is 0 Å². The number of carboxylic acid groups (broad SMARTS) is 1. The van der Waals surface area contributed by atoms with Crippen LogP contribution in [0.5, 0.6) is 0 Å². The van der Waals surface area contributed by atoms with Gasteiger partial charge in [0.1, 0.15) is 0 Å². The zero-order valence-electron chi connectivity index (χ0n) is 11.5. The number of hydrogen-bond acceptors (Lipinski definition) is 2. The summed E-state index contributed by atoms with van der Waals surface area (Å²) in [5.41, 5.74) is 2.08. The molecule has 0 bridgehead atoms. The fourth-order valence-corrected chi connectivity index (χ4v) is 1.65. The molecule has 0 aliphatic rings. The number of aliphatic carboxylic acids is 1. The van der Waals surface area contributed by atoms with E-state index in [1.54, 1.807) is 20.0 Å². The van der Waals surface area contributed by atoms with Crippen molar-refractivity contribution in [2.75, 3.05) is 13.6 Å². The molecule has 19 heavy (non-hydrogen) atoms. The van der Waals surface area contributed by atoms with E-state index in [0.717, 1.165) is 11.1 Å². The zero-order chi connectivity index (χ0) is 14.4. The summed E-state index contributed by atoms with van der Waals surface area (Å²) < 4.78 is 0. The van der Waals surface area contributed by atoms with E-state index in [4.69, 9.17) is 5.11 Å². The second-order valence-electron chi connectivity index (χ2n) is 4.71. The summed E-state index contributed by atoms with van der Waals surface area (Å²) in [6, 6.07) is 7.80. The number of nitrogens with zero attached hydrogens (tertiary/aromatic N) is 1. The van der Waals surface area contributed by atoms with Crippen molar-refractivity contribution in [2.24, 2.45) is 5.92 Å².